The van der Waals surface area contributed by atoms with E-state index >= 15 is 0 Å². The Hall–Kier alpha value is -1.36. The van der Waals surface area contributed by atoms with Gasteiger partial charge in [-0.1, -0.05) is 0 Å². The van der Waals surface area contributed by atoms with E-state index < -0.39 is 5.97 Å². The van der Waals surface area contributed by atoms with Gasteiger partial charge in [-0.3, -0.25) is 9.69 Å². The van der Waals surface area contributed by atoms with E-state index in [1.165, 1.54) is 0 Å². The normalized spacial score (nSPS) is 16.0. The molecule has 5 heteroatoms. The second-order valence-corrected chi connectivity index (χ2v) is 4.16. The van der Waals surface area contributed by atoms with Crippen molar-refractivity contribution in [1.29, 1.82) is 0 Å². The van der Waals surface area contributed by atoms with Crippen LogP contribution < -0.4 is 0 Å². The first-order valence-electron chi connectivity index (χ1n) is 5.70. The molecule has 1 aliphatic heterocycles. The molecule has 2 heterocycles. The van der Waals surface area contributed by atoms with Gasteiger partial charge in [-0.25, -0.2) is 4.98 Å². The Morgan fingerprint density at radius 1 is 1.44 bits per heavy atom. The number of hydrogen-bond acceptors (Lipinski definition) is 3. The number of unbranched alkanes of at least 4 members (excludes halogenated alkanes) is 1. The van der Waals surface area contributed by atoms with Gasteiger partial charge in [0, 0.05) is 31.9 Å². The quantitative estimate of drug-likeness (QED) is 0.755. The van der Waals surface area contributed by atoms with Crippen LogP contribution in [0.1, 0.15) is 25.1 Å². The number of aromatic nitrogens is 2. The molecule has 1 aliphatic rings. The Balaban J connectivity index is 1.71. The fourth-order valence-corrected chi connectivity index (χ4v) is 2.03. The fraction of sp³-hybridized carbons (Fsp3) is 0.636. The summed E-state index contributed by atoms with van der Waals surface area (Å²) < 4.78 is 2.17. The van der Waals surface area contributed by atoms with Gasteiger partial charge in [-0.2, -0.15) is 0 Å². The van der Waals surface area contributed by atoms with Crippen LogP contribution >= 0.6 is 0 Å². The molecule has 0 atom stereocenters. The molecule has 0 saturated heterocycles. The lowest BCUT2D eigenvalue weighted by molar-refractivity contribution is -0.137. The van der Waals surface area contributed by atoms with E-state index in [9.17, 15) is 4.79 Å². The smallest absolute Gasteiger partial charge is 0.303 e. The predicted octanol–water partition coefficient (Wildman–Crippen LogP) is 0.954. The fourth-order valence-electron chi connectivity index (χ4n) is 2.03. The number of aliphatic carboxylic acids is 1. The van der Waals surface area contributed by atoms with E-state index in [1.54, 1.807) is 0 Å². The van der Waals surface area contributed by atoms with Gasteiger partial charge in [0.1, 0.15) is 5.82 Å². The zero-order valence-corrected chi connectivity index (χ0v) is 9.30. The molecule has 1 N–H and O–H groups in total. The summed E-state index contributed by atoms with van der Waals surface area (Å²) in [6.07, 6.45) is 5.84. The zero-order valence-electron chi connectivity index (χ0n) is 9.30. The van der Waals surface area contributed by atoms with Crippen molar-refractivity contribution in [2.45, 2.75) is 32.4 Å². The molecule has 1 aromatic heterocycles. The molecule has 1 aromatic rings. The van der Waals surface area contributed by atoms with Gasteiger partial charge in [0.15, 0.2) is 0 Å². The maximum Gasteiger partial charge on any atom is 0.303 e. The molecule has 2 rings (SSSR count). The van der Waals surface area contributed by atoms with E-state index in [-0.39, 0.29) is 6.42 Å². The van der Waals surface area contributed by atoms with Crippen molar-refractivity contribution < 1.29 is 9.90 Å². The van der Waals surface area contributed by atoms with Gasteiger partial charge in [0.05, 0.1) is 6.54 Å². The highest BCUT2D eigenvalue weighted by Gasteiger charge is 2.15. The monoisotopic (exact) mass is 223 g/mol. The van der Waals surface area contributed by atoms with Crippen LogP contribution in [0.25, 0.3) is 0 Å². The van der Waals surface area contributed by atoms with Crippen molar-refractivity contribution in [3.63, 3.8) is 0 Å². The maximum atomic E-state index is 10.4. The Morgan fingerprint density at radius 2 is 2.31 bits per heavy atom. The van der Waals surface area contributed by atoms with Crippen molar-refractivity contribution in [2.24, 2.45) is 0 Å². The number of imidazole rings is 1. The third-order valence-corrected chi connectivity index (χ3v) is 2.94. The minimum Gasteiger partial charge on any atom is -0.481 e. The van der Waals surface area contributed by atoms with E-state index in [2.05, 4.69) is 14.5 Å². The van der Waals surface area contributed by atoms with Crippen molar-refractivity contribution in [2.75, 3.05) is 13.1 Å². The highest BCUT2D eigenvalue weighted by atomic mass is 16.4. The summed E-state index contributed by atoms with van der Waals surface area (Å²) >= 11 is 0. The molecule has 0 aromatic carbocycles. The second kappa shape index (κ2) is 5.12. The lowest BCUT2D eigenvalue weighted by Gasteiger charge is -2.27. The van der Waals surface area contributed by atoms with Crippen LogP contribution in [-0.4, -0.2) is 38.6 Å². The van der Waals surface area contributed by atoms with Gasteiger partial charge in [-0.15, -0.1) is 0 Å². The molecule has 88 valence electrons. The summed E-state index contributed by atoms with van der Waals surface area (Å²) in [7, 11) is 0. The van der Waals surface area contributed by atoms with Crippen LogP contribution in [0.3, 0.4) is 0 Å². The minimum atomic E-state index is -0.700. The van der Waals surface area contributed by atoms with Gasteiger partial charge in [-0.05, 0) is 19.4 Å². The second-order valence-electron chi connectivity index (χ2n) is 4.16. The summed E-state index contributed by atoms with van der Waals surface area (Å²) in [5, 5.41) is 8.53. The summed E-state index contributed by atoms with van der Waals surface area (Å²) in [6.45, 7) is 3.89. The van der Waals surface area contributed by atoms with Crippen LogP contribution in [0.4, 0.5) is 0 Å². The van der Waals surface area contributed by atoms with Crippen molar-refractivity contribution >= 4 is 5.97 Å². The van der Waals surface area contributed by atoms with Crippen LogP contribution in [0.2, 0.25) is 0 Å². The van der Waals surface area contributed by atoms with Crippen LogP contribution in [-0.2, 0) is 17.9 Å². The van der Waals surface area contributed by atoms with E-state index in [1.807, 2.05) is 12.4 Å². The first-order valence-corrected chi connectivity index (χ1v) is 5.70. The molecule has 0 bridgehead atoms. The highest BCUT2D eigenvalue weighted by Crippen LogP contribution is 2.11. The SMILES string of the molecule is O=C(O)CCCCN1CCn2ccnc2C1. The van der Waals surface area contributed by atoms with E-state index in [4.69, 9.17) is 5.11 Å². The standard InChI is InChI=1S/C11H17N3O2/c15-11(16)3-1-2-5-13-7-8-14-6-4-12-10(14)9-13/h4,6H,1-3,5,7-9H2,(H,15,16). The lowest BCUT2D eigenvalue weighted by Crippen LogP contribution is -2.34. The summed E-state index contributed by atoms with van der Waals surface area (Å²) in [4.78, 5) is 17.0. The Kier molecular flexibility index (Phi) is 3.56. The van der Waals surface area contributed by atoms with E-state index in [0.29, 0.717) is 0 Å². The van der Waals surface area contributed by atoms with Crippen molar-refractivity contribution in [3.05, 3.63) is 18.2 Å². The number of fused-ring (bicyclic) bond motifs is 1. The lowest BCUT2D eigenvalue weighted by atomic mass is 10.2. The topological polar surface area (TPSA) is 58.4 Å². The minimum absolute atomic E-state index is 0.280. The van der Waals surface area contributed by atoms with Crippen LogP contribution in [0.5, 0.6) is 0 Å². The number of hydrogen-bond donors (Lipinski definition) is 1. The number of carboxylic acids is 1. The number of carbonyl (C=O) groups is 1. The number of carboxylic acid groups (broad SMARTS) is 1. The number of rotatable bonds is 5. The predicted molar refractivity (Wildman–Crippen MR) is 59.0 cm³/mol. The van der Waals surface area contributed by atoms with Crippen LogP contribution in [0, 0.1) is 0 Å². The Labute approximate surface area is 94.7 Å². The average Bonchev–Trinajstić information content (AvgIpc) is 2.71. The molecule has 0 spiro atoms. The van der Waals surface area contributed by atoms with Gasteiger partial charge in [0.25, 0.3) is 0 Å². The molecule has 0 unspecified atom stereocenters. The maximum absolute atomic E-state index is 10.4. The molecule has 0 amide bonds. The molecule has 0 fully saturated rings. The summed E-state index contributed by atoms with van der Waals surface area (Å²) in [6, 6.07) is 0. The molecule has 0 saturated carbocycles. The summed E-state index contributed by atoms with van der Waals surface area (Å²) in [5.41, 5.74) is 0. The number of nitrogens with zero attached hydrogens (tertiary/aromatic N) is 3. The average molecular weight is 223 g/mol. The molecular weight excluding hydrogens is 206 g/mol. The molecule has 0 aliphatic carbocycles. The van der Waals surface area contributed by atoms with Gasteiger partial charge in [0.2, 0.25) is 0 Å². The Bertz CT molecular complexity index is 362. The first kappa shape index (κ1) is 11.1. The third kappa shape index (κ3) is 2.82. The Morgan fingerprint density at radius 3 is 3.12 bits per heavy atom. The summed E-state index contributed by atoms with van der Waals surface area (Å²) in [5.74, 6) is 0.415. The third-order valence-electron chi connectivity index (χ3n) is 2.94. The van der Waals surface area contributed by atoms with Gasteiger partial charge < -0.3 is 9.67 Å². The zero-order chi connectivity index (χ0) is 11.4. The molecule has 5 nitrogen and oxygen atoms in total. The highest BCUT2D eigenvalue weighted by molar-refractivity contribution is 5.66. The van der Waals surface area contributed by atoms with Gasteiger partial charge >= 0.3 is 5.97 Å². The first-order chi connectivity index (χ1) is 7.75. The van der Waals surface area contributed by atoms with Crippen molar-refractivity contribution in [3.8, 4) is 0 Å². The largest absolute Gasteiger partial charge is 0.481 e. The molecule has 16 heavy (non-hydrogen) atoms. The van der Waals surface area contributed by atoms with Crippen LogP contribution in [0.15, 0.2) is 12.4 Å². The van der Waals surface area contributed by atoms with E-state index in [0.717, 1.165) is 44.8 Å². The molecular formula is C11H17N3O2. The van der Waals surface area contributed by atoms with Crippen molar-refractivity contribution in [1.82, 2.24) is 14.5 Å². The molecule has 0 radical (unpaired) electrons.